The highest BCUT2D eigenvalue weighted by Gasteiger charge is 2.21. The summed E-state index contributed by atoms with van der Waals surface area (Å²) in [5.41, 5.74) is 7.16. The van der Waals surface area contributed by atoms with Gasteiger partial charge in [0.15, 0.2) is 0 Å². The molecule has 3 N–H and O–H groups in total. The summed E-state index contributed by atoms with van der Waals surface area (Å²) in [4.78, 5) is 0.294. The van der Waals surface area contributed by atoms with Crippen LogP contribution < -0.4 is 10.5 Å². The Morgan fingerprint density at radius 2 is 2.15 bits per heavy atom. The highest BCUT2D eigenvalue weighted by molar-refractivity contribution is 7.89. The van der Waals surface area contributed by atoms with Crippen LogP contribution in [-0.2, 0) is 21.3 Å². The summed E-state index contributed by atoms with van der Waals surface area (Å²) < 4.78 is 32.4. The number of hydrogen-bond acceptors (Lipinski definition) is 4. The van der Waals surface area contributed by atoms with E-state index in [1.165, 1.54) is 12.8 Å². The predicted octanol–water partition coefficient (Wildman–Crippen LogP) is 1.16. The van der Waals surface area contributed by atoms with Gasteiger partial charge in [0, 0.05) is 19.7 Å². The molecule has 5 nitrogen and oxygen atoms in total. The van der Waals surface area contributed by atoms with Crippen molar-refractivity contribution in [2.24, 2.45) is 11.7 Å². The molecule has 1 aromatic carbocycles. The van der Waals surface area contributed by atoms with Gasteiger partial charge >= 0.3 is 0 Å². The van der Waals surface area contributed by atoms with E-state index < -0.39 is 10.0 Å². The molecule has 0 heterocycles. The van der Waals surface area contributed by atoms with E-state index in [0.29, 0.717) is 36.1 Å². The van der Waals surface area contributed by atoms with Gasteiger partial charge in [0.1, 0.15) is 0 Å². The number of nitrogens with two attached hydrogens (primary N) is 1. The summed E-state index contributed by atoms with van der Waals surface area (Å²) in [5.74, 6) is 0.690. The summed E-state index contributed by atoms with van der Waals surface area (Å²) >= 11 is 0. The topological polar surface area (TPSA) is 81.4 Å². The van der Waals surface area contributed by atoms with Crippen molar-refractivity contribution >= 4 is 10.0 Å². The Balaban J connectivity index is 1.91. The summed E-state index contributed by atoms with van der Waals surface area (Å²) in [6.45, 7) is 3.55. The Kier molecular flexibility index (Phi) is 5.15. The molecule has 0 amide bonds. The molecule has 0 bridgehead atoms. The highest BCUT2D eigenvalue weighted by Crippen LogP contribution is 2.28. The molecule has 0 atom stereocenters. The fourth-order valence-electron chi connectivity index (χ4n) is 2.03. The van der Waals surface area contributed by atoms with Crippen LogP contribution in [0.4, 0.5) is 0 Å². The summed E-state index contributed by atoms with van der Waals surface area (Å²) in [5, 5.41) is 0. The van der Waals surface area contributed by atoms with E-state index >= 15 is 0 Å². The lowest BCUT2D eigenvalue weighted by atomic mass is 10.1. The van der Waals surface area contributed by atoms with Crippen molar-refractivity contribution in [3.8, 4) is 0 Å². The molecule has 1 fully saturated rings. The SMILES string of the molecule is Cc1c(CN)cccc1S(=O)(=O)NCCOCC1CC1. The van der Waals surface area contributed by atoms with Gasteiger partial charge < -0.3 is 10.5 Å². The van der Waals surface area contributed by atoms with Gasteiger partial charge in [-0.15, -0.1) is 0 Å². The number of ether oxygens (including phenoxy) is 1. The standard InChI is InChI=1S/C14H22N2O3S/c1-11-13(9-15)3-2-4-14(11)20(17,18)16-7-8-19-10-12-5-6-12/h2-4,12,16H,5-10,15H2,1H3. The average molecular weight is 298 g/mol. The van der Waals surface area contributed by atoms with Crippen molar-refractivity contribution < 1.29 is 13.2 Å². The van der Waals surface area contributed by atoms with Crippen LogP contribution in [0.15, 0.2) is 23.1 Å². The van der Waals surface area contributed by atoms with Crippen molar-refractivity contribution in [2.75, 3.05) is 19.8 Å². The lowest BCUT2D eigenvalue weighted by Crippen LogP contribution is -2.28. The zero-order valence-electron chi connectivity index (χ0n) is 11.8. The van der Waals surface area contributed by atoms with Gasteiger partial charge in [0.05, 0.1) is 11.5 Å². The van der Waals surface area contributed by atoms with E-state index in [-0.39, 0.29) is 0 Å². The number of benzene rings is 1. The maximum absolute atomic E-state index is 12.2. The van der Waals surface area contributed by atoms with Crippen LogP contribution in [0.5, 0.6) is 0 Å². The van der Waals surface area contributed by atoms with E-state index in [0.717, 1.165) is 12.2 Å². The van der Waals surface area contributed by atoms with Crippen molar-refractivity contribution in [3.63, 3.8) is 0 Å². The third-order valence-corrected chi connectivity index (χ3v) is 5.10. The van der Waals surface area contributed by atoms with Crippen LogP contribution in [0.1, 0.15) is 24.0 Å². The molecule has 112 valence electrons. The smallest absolute Gasteiger partial charge is 0.240 e. The molecule has 0 radical (unpaired) electrons. The second kappa shape index (κ2) is 6.67. The number of rotatable bonds is 8. The van der Waals surface area contributed by atoms with E-state index in [4.69, 9.17) is 10.5 Å². The van der Waals surface area contributed by atoms with Gasteiger partial charge in [-0.05, 0) is 42.9 Å². The van der Waals surface area contributed by atoms with Crippen LogP contribution >= 0.6 is 0 Å². The molecule has 1 aliphatic carbocycles. The van der Waals surface area contributed by atoms with Gasteiger partial charge in [0.2, 0.25) is 10.0 Å². The first-order valence-electron chi connectivity index (χ1n) is 6.90. The molecule has 1 aliphatic rings. The number of sulfonamides is 1. The monoisotopic (exact) mass is 298 g/mol. The molecule has 20 heavy (non-hydrogen) atoms. The predicted molar refractivity (Wildman–Crippen MR) is 77.8 cm³/mol. The zero-order chi connectivity index (χ0) is 14.6. The minimum Gasteiger partial charge on any atom is -0.380 e. The Labute approximate surface area is 120 Å². The fourth-order valence-corrected chi connectivity index (χ4v) is 3.33. The molecule has 2 rings (SSSR count). The van der Waals surface area contributed by atoms with Gasteiger partial charge in [-0.25, -0.2) is 13.1 Å². The first-order chi connectivity index (χ1) is 9.54. The Morgan fingerprint density at radius 3 is 2.80 bits per heavy atom. The maximum atomic E-state index is 12.2. The van der Waals surface area contributed by atoms with Gasteiger partial charge in [-0.1, -0.05) is 12.1 Å². The summed E-state index contributed by atoms with van der Waals surface area (Å²) in [6.07, 6.45) is 2.47. The van der Waals surface area contributed by atoms with E-state index in [9.17, 15) is 8.42 Å². The van der Waals surface area contributed by atoms with E-state index in [1.807, 2.05) is 6.07 Å². The molecule has 0 spiro atoms. The van der Waals surface area contributed by atoms with Crippen LogP contribution in [0.25, 0.3) is 0 Å². The summed E-state index contributed by atoms with van der Waals surface area (Å²) in [6, 6.07) is 5.16. The minimum absolute atomic E-state index is 0.293. The van der Waals surface area contributed by atoms with Gasteiger partial charge in [0.25, 0.3) is 0 Å². The Morgan fingerprint density at radius 1 is 1.40 bits per heavy atom. The molecule has 0 aliphatic heterocycles. The largest absolute Gasteiger partial charge is 0.380 e. The zero-order valence-corrected chi connectivity index (χ0v) is 12.6. The molecular formula is C14H22N2O3S. The second-order valence-corrected chi connectivity index (χ2v) is 6.90. The molecule has 0 aromatic heterocycles. The Hall–Kier alpha value is -0.950. The van der Waals surface area contributed by atoms with Crippen molar-refractivity contribution in [2.45, 2.75) is 31.2 Å². The van der Waals surface area contributed by atoms with E-state index in [1.54, 1.807) is 19.1 Å². The van der Waals surface area contributed by atoms with Gasteiger partial charge in [-0.2, -0.15) is 0 Å². The highest BCUT2D eigenvalue weighted by atomic mass is 32.2. The molecule has 0 saturated heterocycles. The first-order valence-corrected chi connectivity index (χ1v) is 8.39. The molecule has 1 aromatic rings. The summed E-state index contributed by atoms with van der Waals surface area (Å²) in [7, 11) is -3.49. The van der Waals surface area contributed by atoms with Crippen molar-refractivity contribution in [3.05, 3.63) is 29.3 Å². The van der Waals surface area contributed by atoms with Gasteiger partial charge in [-0.3, -0.25) is 0 Å². The number of nitrogens with one attached hydrogen (secondary N) is 1. The third kappa shape index (κ3) is 4.02. The molecule has 6 heteroatoms. The minimum atomic E-state index is -3.49. The molecule has 0 unspecified atom stereocenters. The quantitative estimate of drug-likeness (QED) is 0.706. The lowest BCUT2D eigenvalue weighted by Gasteiger charge is -2.12. The second-order valence-electron chi connectivity index (χ2n) is 5.16. The van der Waals surface area contributed by atoms with E-state index in [2.05, 4.69) is 4.72 Å². The first kappa shape index (κ1) is 15.4. The van der Waals surface area contributed by atoms with Crippen molar-refractivity contribution in [1.29, 1.82) is 0 Å². The van der Waals surface area contributed by atoms with Crippen LogP contribution in [0.2, 0.25) is 0 Å². The normalized spacial score (nSPS) is 15.5. The van der Waals surface area contributed by atoms with Crippen molar-refractivity contribution in [1.82, 2.24) is 4.72 Å². The molecular weight excluding hydrogens is 276 g/mol. The Bertz CT molecular complexity index is 554. The fraction of sp³-hybridized carbons (Fsp3) is 0.571. The lowest BCUT2D eigenvalue weighted by molar-refractivity contribution is 0.129. The average Bonchev–Trinajstić information content (AvgIpc) is 3.22. The third-order valence-electron chi connectivity index (χ3n) is 3.49. The molecule has 1 saturated carbocycles. The van der Waals surface area contributed by atoms with Crippen LogP contribution in [0.3, 0.4) is 0 Å². The number of hydrogen-bond donors (Lipinski definition) is 2. The maximum Gasteiger partial charge on any atom is 0.240 e. The van der Waals surface area contributed by atoms with Crippen LogP contribution in [-0.4, -0.2) is 28.2 Å². The van der Waals surface area contributed by atoms with Crippen LogP contribution in [0, 0.1) is 12.8 Å².